The molecule has 0 saturated heterocycles. The summed E-state index contributed by atoms with van der Waals surface area (Å²) in [5, 5.41) is 11.3. The highest BCUT2D eigenvalue weighted by Crippen LogP contribution is 2.45. The van der Waals surface area contributed by atoms with Crippen LogP contribution in [0.2, 0.25) is 0 Å². The van der Waals surface area contributed by atoms with Crippen molar-refractivity contribution in [2.45, 2.75) is 31.8 Å². The third-order valence-electron chi connectivity index (χ3n) is 5.93. The summed E-state index contributed by atoms with van der Waals surface area (Å²) in [6.07, 6.45) is 1.44. The van der Waals surface area contributed by atoms with Gasteiger partial charge in [-0.2, -0.15) is 0 Å². The van der Waals surface area contributed by atoms with Crippen LogP contribution in [0.25, 0.3) is 0 Å². The van der Waals surface area contributed by atoms with Crippen molar-refractivity contribution in [1.29, 1.82) is 0 Å². The Morgan fingerprint density at radius 2 is 2.00 bits per heavy atom. The molecule has 2 atom stereocenters. The van der Waals surface area contributed by atoms with Crippen LogP contribution in [0.5, 0.6) is 5.75 Å². The van der Waals surface area contributed by atoms with Crippen LogP contribution >= 0.6 is 0 Å². The highest BCUT2D eigenvalue weighted by Gasteiger charge is 2.50. The van der Waals surface area contributed by atoms with Crippen molar-refractivity contribution in [2.24, 2.45) is 5.92 Å². The molecule has 0 saturated carbocycles. The molecule has 1 heterocycles. The van der Waals surface area contributed by atoms with E-state index in [1.54, 1.807) is 20.2 Å². The van der Waals surface area contributed by atoms with Crippen molar-refractivity contribution in [2.75, 3.05) is 19.1 Å². The first-order chi connectivity index (χ1) is 12.9. The smallest absolute Gasteiger partial charge is 0.263 e. The number of para-hydroxylation sites is 1. The Balaban J connectivity index is 1.67. The van der Waals surface area contributed by atoms with Crippen LogP contribution in [0.4, 0.5) is 5.69 Å². The number of nitrogens with zero attached hydrogens (tertiary/aromatic N) is 1. The molecule has 1 aliphatic carbocycles. The van der Waals surface area contributed by atoms with Crippen LogP contribution < -0.4 is 9.64 Å². The number of ether oxygens (including phenoxy) is 1. The Labute approximate surface area is 158 Å². The quantitative estimate of drug-likeness (QED) is 0.908. The second-order valence-electron chi connectivity index (χ2n) is 7.52. The molecule has 27 heavy (non-hydrogen) atoms. The highest BCUT2D eigenvalue weighted by atomic mass is 16.5. The number of anilines is 1. The molecule has 1 aliphatic heterocycles. The number of rotatable bonds is 3. The summed E-state index contributed by atoms with van der Waals surface area (Å²) in [4.78, 5) is 27.4. The Hall–Kier alpha value is -2.66. The van der Waals surface area contributed by atoms with E-state index < -0.39 is 5.60 Å². The maximum atomic E-state index is 13.1. The van der Waals surface area contributed by atoms with Gasteiger partial charge in [-0.3, -0.25) is 9.59 Å². The Kier molecular flexibility index (Phi) is 4.07. The van der Waals surface area contributed by atoms with Crippen LogP contribution in [0.3, 0.4) is 0 Å². The zero-order valence-corrected chi connectivity index (χ0v) is 15.8. The molecule has 0 unspecified atom stereocenters. The van der Waals surface area contributed by atoms with Crippen molar-refractivity contribution in [3.63, 3.8) is 0 Å². The summed E-state index contributed by atoms with van der Waals surface area (Å²) in [5.74, 6) is 0.0161. The van der Waals surface area contributed by atoms with Gasteiger partial charge in [0.1, 0.15) is 5.75 Å². The number of carbonyl (C=O) groups excluding carboxylic acids is 2. The van der Waals surface area contributed by atoms with Gasteiger partial charge in [0, 0.05) is 24.1 Å². The van der Waals surface area contributed by atoms with E-state index in [9.17, 15) is 14.7 Å². The maximum absolute atomic E-state index is 13.1. The van der Waals surface area contributed by atoms with Gasteiger partial charge in [-0.15, -0.1) is 0 Å². The van der Waals surface area contributed by atoms with Gasteiger partial charge >= 0.3 is 0 Å². The molecule has 2 aromatic carbocycles. The third kappa shape index (κ3) is 2.57. The lowest BCUT2D eigenvalue weighted by molar-refractivity contribution is -0.137. The molecule has 0 spiro atoms. The highest BCUT2D eigenvalue weighted by molar-refractivity contribution is 6.07. The van der Waals surface area contributed by atoms with Gasteiger partial charge in [-0.25, -0.2) is 0 Å². The van der Waals surface area contributed by atoms with E-state index in [-0.39, 0.29) is 24.0 Å². The van der Waals surface area contributed by atoms with Crippen molar-refractivity contribution in [3.05, 3.63) is 58.7 Å². The van der Waals surface area contributed by atoms with E-state index >= 15 is 0 Å². The zero-order chi connectivity index (χ0) is 19.3. The number of fused-ring (bicyclic) bond motifs is 2. The van der Waals surface area contributed by atoms with Crippen LogP contribution in [-0.4, -0.2) is 31.0 Å². The van der Waals surface area contributed by atoms with Crippen molar-refractivity contribution in [1.82, 2.24) is 0 Å². The van der Waals surface area contributed by atoms with Crippen LogP contribution in [0.1, 0.15) is 39.9 Å². The van der Waals surface area contributed by atoms with Crippen LogP contribution in [-0.2, 0) is 16.8 Å². The summed E-state index contributed by atoms with van der Waals surface area (Å²) in [6.45, 7) is 1.91. The van der Waals surface area contributed by atoms with E-state index in [1.807, 2.05) is 37.3 Å². The fraction of sp³-hybridized carbons (Fsp3) is 0.364. The SMILES string of the molecule is COc1cc2c(cc1C)C(=O)[C@H](C[C@@]1(O)C(=O)N(C)c3ccccc31)CC2. The number of likely N-dealkylation sites (N-methyl/N-ethyl adjacent to an activating group) is 1. The van der Waals surface area contributed by atoms with Crippen molar-refractivity contribution >= 4 is 17.4 Å². The normalized spacial score (nSPS) is 24.0. The first-order valence-corrected chi connectivity index (χ1v) is 9.18. The number of hydrogen-bond donors (Lipinski definition) is 1. The molecule has 5 nitrogen and oxygen atoms in total. The van der Waals surface area contributed by atoms with Gasteiger partial charge in [0.15, 0.2) is 11.4 Å². The molecule has 5 heteroatoms. The van der Waals surface area contributed by atoms with Gasteiger partial charge < -0.3 is 14.7 Å². The van der Waals surface area contributed by atoms with Gasteiger partial charge in [-0.1, -0.05) is 18.2 Å². The minimum atomic E-state index is -1.65. The molecule has 2 aromatic rings. The molecule has 1 N–H and O–H groups in total. The number of hydrogen-bond acceptors (Lipinski definition) is 4. The van der Waals surface area contributed by atoms with E-state index in [4.69, 9.17) is 4.74 Å². The topological polar surface area (TPSA) is 66.8 Å². The Morgan fingerprint density at radius 1 is 1.26 bits per heavy atom. The molecule has 0 aromatic heterocycles. The van der Waals surface area contributed by atoms with E-state index in [0.717, 1.165) is 23.3 Å². The molecule has 1 amide bonds. The summed E-state index contributed by atoms with van der Waals surface area (Å²) in [6, 6.07) is 11.0. The lowest BCUT2D eigenvalue weighted by Gasteiger charge is -2.30. The van der Waals surface area contributed by atoms with Gasteiger partial charge in [0.2, 0.25) is 0 Å². The molecule has 4 rings (SSSR count). The third-order valence-corrected chi connectivity index (χ3v) is 5.93. The number of aryl methyl sites for hydroxylation is 2. The molecule has 0 fully saturated rings. The van der Waals surface area contributed by atoms with Crippen LogP contribution in [0.15, 0.2) is 36.4 Å². The standard InChI is InChI=1S/C22H23NO4/c1-13-10-16-14(11-19(13)27-3)8-9-15(20(16)24)12-22(26)17-6-4-5-7-18(17)23(2)21(22)25/h4-7,10-11,15,26H,8-9,12H2,1-3H3/t15-,22-/m0/s1. The maximum Gasteiger partial charge on any atom is 0.263 e. The van der Waals surface area contributed by atoms with Crippen molar-refractivity contribution in [3.8, 4) is 5.75 Å². The first-order valence-electron chi connectivity index (χ1n) is 9.18. The van der Waals surface area contributed by atoms with E-state index in [0.29, 0.717) is 23.2 Å². The predicted molar refractivity (Wildman–Crippen MR) is 102 cm³/mol. The minimum Gasteiger partial charge on any atom is -0.496 e. The van der Waals surface area contributed by atoms with E-state index in [2.05, 4.69) is 0 Å². The Morgan fingerprint density at radius 3 is 2.74 bits per heavy atom. The number of carbonyl (C=O) groups is 2. The number of Topliss-reactive ketones (excluding diaryl/α,β-unsaturated/α-hetero) is 1. The average molecular weight is 365 g/mol. The largest absolute Gasteiger partial charge is 0.496 e. The Bertz CT molecular complexity index is 951. The second-order valence-corrected chi connectivity index (χ2v) is 7.52. The number of ketones is 1. The fourth-order valence-electron chi connectivity index (χ4n) is 4.43. The number of amides is 1. The summed E-state index contributed by atoms with van der Waals surface area (Å²) < 4.78 is 5.36. The summed E-state index contributed by atoms with van der Waals surface area (Å²) in [5.41, 5.74) is 2.20. The lowest BCUT2D eigenvalue weighted by atomic mass is 9.75. The van der Waals surface area contributed by atoms with Gasteiger partial charge in [0.25, 0.3) is 5.91 Å². The monoisotopic (exact) mass is 365 g/mol. The molecular weight excluding hydrogens is 342 g/mol. The minimum absolute atomic E-state index is 0.00439. The second kappa shape index (κ2) is 6.20. The number of aliphatic hydroxyl groups is 1. The first kappa shape index (κ1) is 17.7. The van der Waals surface area contributed by atoms with Crippen molar-refractivity contribution < 1.29 is 19.4 Å². The van der Waals surface area contributed by atoms with E-state index in [1.165, 1.54) is 4.90 Å². The van der Waals surface area contributed by atoms with Gasteiger partial charge in [0.05, 0.1) is 12.8 Å². The summed E-state index contributed by atoms with van der Waals surface area (Å²) >= 11 is 0. The number of methoxy groups -OCH3 is 1. The molecular formula is C22H23NO4. The molecule has 0 radical (unpaired) electrons. The van der Waals surface area contributed by atoms with Gasteiger partial charge in [-0.05, 0) is 55.5 Å². The summed E-state index contributed by atoms with van der Waals surface area (Å²) in [7, 11) is 3.28. The molecule has 2 aliphatic rings. The van der Waals surface area contributed by atoms with Crippen LogP contribution in [0, 0.1) is 12.8 Å². The fourth-order valence-corrected chi connectivity index (χ4v) is 4.43. The predicted octanol–water partition coefficient (Wildman–Crippen LogP) is 3.00. The zero-order valence-electron chi connectivity index (χ0n) is 15.8. The lowest BCUT2D eigenvalue weighted by Crippen LogP contribution is -2.42. The molecule has 140 valence electrons. The molecule has 0 bridgehead atoms. The average Bonchev–Trinajstić information content (AvgIpc) is 2.86. The number of benzene rings is 2.